The van der Waals surface area contributed by atoms with Gasteiger partial charge < -0.3 is 9.84 Å². The molecule has 0 spiro atoms. The van der Waals surface area contributed by atoms with E-state index in [0.717, 1.165) is 0 Å². The molecule has 2 aliphatic rings. The van der Waals surface area contributed by atoms with Gasteiger partial charge in [-0.2, -0.15) is 0 Å². The second-order valence-corrected chi connectivity index (χ2v) is 3.06. The van der Waals surface area contributed by atoms with E-state index in [1.807, 2.05) is 0 Å². The molecule has 0 bridgehead atoms. The number of carbonyl (C=O) groups is 3. The van der Waals surface area contributed by atoms with E-state index < -0.39 is 23.8 Å². The van der Waals surface area contributed by atoms with Crippen LogP contribution >= 0.6 is 0 Å². The minimum absolute atomic E-state index is 0.0775. The van der Waals surface area contributed by atoms with E-state index in [0.29, 0.717) is 0 Å². The van der Waals surface area contributed by atoms with Gasteiger partial charge in [0.05, 0.1) is 17.1 Å². The SMILES string of the molecule is O=C1OC(=O)C2=CC(C(=O)O)CC=C12. The third kappa shape index (κ3) is 1.14. The lowest BCUT2D eigenvalue weighted by Gasteiger charge is -2.09. The molecule has 1 aliphatic carbocycles. The summed E-state index contributed by atoms with van der Waals surface area (Å²) in [7, 11) is 0. The first-order chi connectivity index (χ1) is 6.59. The predicted molar refractivity (Wildman–Crippen MR) is 43.0 cm³/mol. The van der Waals surface area contributed by atoms with Crippen molar-refractivity contribution in [2.75, 3.05) is 0 Å². The number of carboxylic acid groups (broad SMARTS) is 1. The van der Waals surface area contributed by atoms with E-state index in [-0.39, 0.29) is 17.6 Å². The molecule has 1 aliphatic heterocycles. The third-order valence-electron chi connectivity index (χ3n) is 2.18. The van der Waals surface area contributed by atoms with Crippen LogP contribution in [0.2, 0.25) is 0 Å². The maximum atomic E-state index is 11.0. The number of cyclic esters (lactones) is 2. The van der Waals surface area contributed by atoms with Crippen molar-refractivity contribution < 1.29 is 24.2 Å². The number of ether oxygens (including phenoxy) is 1. The lowest BCUT2D eigenvalue weighted by atomic mass is 9.92. The average molecular weight is 194 g/mol. The summed E-state index contributed by atoms with van der Waals surface area (Å²) >= 11 is 0. The summed E-state index contributed by atoms with van der Waals surface area (Å²) in [4.78, 5) is 32.7. The molecule has 2 rings (SSSR count). The van der Waals surface area contributed by atoms with Crippen molar-refractivity contribution in [3.63, 3.8) is 0 Å². The van der Waals surface area contributed by atoms with E-state index in [9.17, 15) is 14.4 Å². The molecule has 0 amide bonds. The van der Waals surface area contributed by atoms with Crippen LogP contribution in [0.15, 0.2) is 23.3 Å². The van der Waals surface area contributed by atoms with Crippen LogP contribution in [0.5, 0.6) is 0 Å². The van der Waals surface area contributed by atoms with Crippen molar-refractivity contribution in [3.05, 3.63) is 23.3 Å². The Morgan fingerprint density at radius 1 is 1.36 bits per heavy atom. The van der Waals surface area contributed by atoms with Gasteiger partial charge in [-0.15, -0.1) is 0 Å². The van der Waals surface area contributed by atoms with Crippen LogP contribution in [0.4, 0.5) is 0 Å². The average Bonchev–Trinajstić information content (AvgIpc) is 2.42. The smallest absolute Gasteiger partial charge is 0.346 e. The second kappa shape index (κ2) is 2.80. The fourth-order valence-corrected chi connectivity index (χ4v) is 1.45. The van der Waals surface area contributed by atoms with Crippen molar-refractivity contribution in [2.24, 2.45) is 5.92 Å². The minimum atomic E-state index is -1.01. The quantitative estimate of drug-likeness (QED) is 0.470. The highest BCUT2D eigenvalue weighted by molar-refractivity contribution is 6.18. The lowest BCUT2D eigenvalue weighted by molar-refractivity contribution is -0.149. The monoisotopic (exact) mass is 194 g/mol. The molecule has 72 valence electrons. The van der Waals surface area contributed by atoms with E-state index in [4.69, 9.17) is 5.11 Å². The highest BCUT2D eigenvalue weighted by Gasteiger charge is 2.37. The van der Waals surface area contributed by atoms with Crippen LogP contribution in [-0.4, -0.2) is 23.0 Å². The number of hydrogen-bond donors (Lipinski definition) is 1. The van der Waals surface area contributed by atoms with Gasteiger partial charge in [-0.3, -0.25) is 4.79 Å². The summed E-state index contributed by atoms with van der Waals surface area (Å²) in [5.41, 5.74) is 0.265. The maximum absolute atomic E-state index is 11.0. The maximum Gasteiger partial charge on any atom is 0.346 e. The van der Waals surface area contributed by atoms with Gasteiger partial charge in [0, 0.05) is 0 Å². The molecule has 1 unspecified atom stereocenters. The Morgan fingerprint density at radius 2 is 2.00 bits per heavy atom. The molecule has 5 heteroatoms. The Morgan fingerprint density at radius 3 is 2.64 bits per heavy atom. The van der Waals surface area contributed by atoms with Crippen molar-refractivity contribution in [1.82, 2.24) is 0 Å². The van der Waals surface area contributed by atoms with Gasteiger partial charge in [-0.25, -0.2) is 9.59 Å². The van der Waals surface area contributed by atoms with Crippen LogP contribution in [0, 0.1) is 5.92 Å². The van der Waals surface area contributed by atoms with E-state index in [2.05, 4.69) is 4.74 Å². The topological polar surface area (TPSA) is 80.7 Å². The van der Waals surface area contributed by atoms with Crippen LogP contribution in [0.3, 0.4) is 0 Å². The normalized spacial score (nSPS) is 25.0. The minimum Gasteiger partial charge on any atom is -0.481 e. The molecular weight excluding hydrogens is 188 g/mol. The van der Waals surface area contributed by atoms with Crippen LogP contribution in [-0.2, 0) is 19.1 Å². The van der Waals surface area contributed by atoms with Crippen molar-refractivity contribution in [2.45, 2.75) is 6.42 Å². The summed E-state index contributed by atoms with van der Waals surface area (Å²) < 4.78 is 4.33. The summed E-state index contributed by atoms with van der Waals surface area (Å²) in [5, 5.41) is 8.70. The first-order valence-electron chi connectivity index (χ1n) is 4.01. The number of allylic oxidation sites excluding steroid dienone is 1. The molecule has 1 atom stereocenters. The van der Waals surface area contributed by atoms with Gasteiger partial charge in [0.1, 0.15) is 0 Å². The predicted octanol–water partition coefficient (Wildman–Crippen LogP) is 0.0271. The molecule has 0 aromatic carbocycles. The number of esters is 2. The molecule has 0 aromatic heterocycles. The summed E-state index contributed by atoms with van der Waals surface area (Å²) in [6.45, 7) is 0. The number of hydrogen-bond acceptors (Lipinski definition) is 4. The van der Waals surface area contributed by atoms with E-state index >= 15 is 0 Å². The molecule has 0 aromatic rings. The molecule has 0 radical (unpaired) electrons. The van der Waals surface area contributed by atoms with Gasteiger partial charge in [0.25, 0.3) is 0 Å². The van der Waals surface area contributed by atoms with Crippen molar-refractivity contribution in [3.8, 4) is 0 Å². The molecule has 1 N–H and O–H groups in total. The zero-order valence-electron chi connectivity index (χ0n) is 7.02. The standard InChI is InChI=1S/C9H6O5/c10-7(11)4-1-2-5-6(3-4)9(13)14-8(5)12/h2-4H,1H2,(H,10,11). The lowest BCUT2D eigenvalue weighted by Crippen LogP contribution is -2.15. The Hall–Kier alpha value is -1.91. The van der Waals surface area contributed by atoms with Crippen molar-refractivity contribution in [1.29, 1.82) is 0 Å². The van der Waals surface area contributed by atoms with Crippen LogP contribution in [0.1, 0.15) is 6.42 Å². The highest BCUT2D eigenvalue weighted by Crippen LogP contribution is 2.29. The number of rotatable bonds is 1. The van der Waals surface area contributed by atoms with E-state index in [1.54, 1.807) is 0 Å². The Kier molecular flexibility index (Phi) is 1.73. The Balaban J connectivity index is 2.38. The molecule has 5 nitrogen and oxygen atoms in total. The zero-order valence-corrected chi connectivity index (χ0v) is 7.02. The first-order valence-corrected chi connectivity index (χ1v) is 4.01. The molecule has 0 saturated carbocycles. The van der Waals surface area contributed by atoms with Gasteiger partial charge in [0.15, 0.2) is 0 Å². The van der Waals surface area contributed by atoms with Gasteiger partial charge in [-0.05, 0) is 6.42 Å². The molecule has 14 heavy (non-hydrogen) atoms. The van der Waals surface area contributed by atoms with Crippen LogP contribution in [0.25, 0.3) is 0 Å². The first kappa shape index (κ1) is 8.68. The second-order valence-electron chi connectivity index (χ2n) is 3.06. The van der Waals surface area contributed by atoms with Gasteiger partial charge in [-0.1, -0.05) is 12.2 Å². The van der Waals surface area contributed by atoms with Crippen LogP contribution < -0.4 is 0 Å². The zero-order chi connectivity index (χ0) is 10.3. The summed E-state index contributed by atoms with van der Waals surface area (Å²) in [6, 6.07) is 0. The van der Waals surface area contributed by atoms with Crippen molar-refractivity contribution >= 4 is 17.9 Å². The molecule has 1 fully saturated rings. The summed E-state index contributed by atoms with van der Waals surface area (Å²) in [6.07, 6.45) is 2.92. The number of carbonyl (C=O) groups excluding carboxylic acids is 2. The fraction of sp³-hybridized carbons (Fsp3) is 0.222. The molecular formula is C9H6O5. The van der Waals surface area contributed by atoms with E-state index in [1.165, 1.54) is 12.2 Å². The highest BCUT2D eigenvalue weighted by atomic mass is 16.6. The molecule has 1 saturated heterocycles. The van der Waals surface area contributed by atoms with Gasteiger partial charge in [0.2, 0.25) is 0 Å². The fourth-order valence-electron chi connectivity index (χ4n) is 1.45. The molecule has 1 heterocycles. The number of fused-ring (bicyclic) bond motifs is 1. The van der Waals surface area contributed by atoms with Gasteiger partial charge >= 0.3 is 17.9 Å². The third-order valence-corrected chi connectivity index (χ3v) is 2.18. The Bertz CT molecular complexity index is 401. The Labute approximate surface area is 78.7 Å². The summed E-state index contributed by atoms with van der Waals surface area (Å²) in [5.74, 6) is -3.20. The largest absolute Gasteiger partial charge is 0.481 e. The number of carboxylic acids is 1. The number of aliphatic carboxylic acids is 1.